The minimum atomic E-state index is -0.563. The number of piperidine rings is 2. The fourth-order valence-corrected chi connectivity index (χ4v) is 6.94. The van der Waals surface area contributed by atoms with Crippen molar-refractivity contribution in [2.24, 2.45) is 29.1 Å². The fraction of sp³-hybridized carbons (Fsp3) is 0.926. The zero-order chi connectivity index (χ0) is 24.6. The number of carboxylic acid groups (broad SMARTS) is 2. The van der Waals surface area contributed by atoms with E-state index in [1.54, 1.807) is 0 Å². The van der Waals surface area contributed by atoms with Crippen LogP contribution in [0.4, 0.5) is 0 Å². The standard InChI is InChI=1S/C14H25NO2.C13H23NO2/c1-4-14(3,5-2)15-8-10-6-7-11(9-15)12(10)13(16)17;1-4-12(3,5-2)14-7-6-13(11(15)16)8-10(13)9-14/h10-12H,4-9H2,1-3H3,(H,16,17);10H,4-9H2,1-3H3,(H,15,16)/t10-,11+,12?;10-,13+/m.0/s1. The van der Waals surface area contributed by atoms with Crippen LogP contribution in [0.3, 0.4) is 0 Å². The van der Waals surface area contributed by atoms with Gasteiger partial charge in [-0.1, -0.05) is 27.7 Å². The van der Waals surface area contributed by atoms with Crippen LogP contribution in [0.5, 0.6) is 0 Å². The lowest BCUT2D eigenvalue weighted by Crippen LogP contribution is -2.54. The Bertz CT molecular complexity index is 703. The topological polar surface area (TPSA) is 81.1 Å². The molecule has 2 saturated carbocycles. The van der Waals surface area contributed by atoms with Gasteiger partial charge in [-0.15, -0.1) is 0 Å². The molecule has 33 heavy (non-hydrogen) atoms. The molecule has 0 aromatic rings. The summed E-state index contributed by atoms with van der Waals surface area (Å²) >= 11 is 0. The van der Waals surface area contributed by atoms with Gasteiger partial charge in [-0.2, -0.15) is 0 Å². The number of carboxylic acids is 2. The van der Waals surface area contributed by atoms with Crippen LogP contribution in [0.1, 0.15) is 92.9 Å². The van der Waals surface area contributed by atoms with Crippen molar-refractivity contribution >= 4 is 11.9 Å². The molecule has 190 valence electrons. The van der Waals surface area contributed by atoms with Gasteiger partial charge in [-0.3, -0.25) is 19.4 Å². The number of likely N-dealkylation sites (tertiary alicyclic amines) is 2. The van der Waals surface area contributed by atoms with Crippen LogP contribution in [0, 0.1) is 29.1 Å². The summed E-state index contributed by atoms with van der Waals surface area (Å²) in [6, 6.07) is 0. The van der Waals surface area contributed by atoms with Gasteiger partial charge in [-0.25, -0.2) is 0 Å². The minimum Gasteiger partial charge on any atom is -0.481 e. The first-order chi connectivity index (χ1) is 15.5. The Hall–Kier alpha value is -1.14. The van der Waals surface area contributed by atoms with Crippen molar-refractivity contribution in [3.05, 3.63) is 0 Å². The summed E-state index contributed by atoms with van der Waals surface area (Å²) < 4.78 is 0. The van der Waals surface area contributed by atoms with Crippen LogP contribution < -0.4 is 0 Å². The Morgan fingerprint density at radius 2 is 1.33 bits per heavy atom. The average molecular weight is 465 g/mol. The molecule has 2 N–H and O–H groups in total. The van der Waals surface area contributed by atoms with E-state index in [0.29, 0.717) is 17.8 Å². The Balaban J connectivity index is 0.000000186. The molecule has 2 aliphatic heterocycles. The van der Waals surface area contributed by atoms with Gasteiger partial charge in [0.05, 0.1) is 11.3 Å². The predicted molar refractivity (Wildman–Crippen MR) is 131 cm³/mol. The number of hydrogen-bond donors (Lipinski definition) is 2. The molecule has 0 spiro atoms. The van der Waals surface area contributed by atoms with E-state index in [1.165, 1.54) is 0 Å². The molecule has 5 atom stereocenters. The van der Waals surface area contributed by atoms with Gasteiger partial charge in [0, 0.05) is 30.7 Å². The first kappa shape index (κ1) is 26.5. The maximum atomic E-state index is 11.3. The summed E-state index contributed by atoms with van der Waals surface area (Å²) in [6.07, 6.45) is 8.59. The average Bonchev–Trinajstić information content (AvgIpc) is 3.50. The molecule has 0 radical (unpaired) electrons. The van der Waals surface area contributed by atoms with E-state index >= 15 is 0 Å². The predicted octanol–water partition coefficient (Wildman–Crippen LogP) is 4.97. The highest BCUT2D eigenvalue weighted by Crippen LogP contribution is 2.59. The summed E-state index contributed by atoms with van der Waals surface area (Å²) in [7, 11) is 0. The molecular formula is C27H48N2O4. The summed E-state index contributed by atoms with van der Waals surface area (Å²) in [4.78, 5) is 27.6. The third-order valence-corrected chi connectivity index (χ3v) is 10.6. The molecule has 6 heteroatoms. The van der Waals surface area contributed by atoms with Gasteiger partial charge in [0.2, 0.25) is 0 Å². The van der Waals surface area contributed by atoms with E-state index in [-0.39, 0.29) is 22.4 Å². The van der Waals surface area contributed by atoms with Gasteiger partial charge in [-0.05, 0) is 89.5 Å². The number of nitrogens with zero attached hydrogens (tertiary/aromatic N) is 2. The van der Waals surface area contributed by atoms with Crippen LogP contribution in [0.25, 0.3) is 0 Å². The summed E-state index contributed by atoms with van der Waals surface area (Å²) in [5.41, 5.74) is 0.205. The van der Waals surface area contributed by atoms with Crippen molar-refractivity contribution in [2.45, 2.75) is 104 Å². The maximum Gasteiger partial charge on any atom is 0.310 e. The van der Waals surface area contributed by atoms with Crippen LogP contribution in [-0.4, -0.2) is 69.2 Å². The second kappa shape index (κ2) is 9.85. The maximum absolute atomic E-state index is 11.3. The first-order valence-electron chi connectivity index (χ1n) is 13.5. The highest BCUT2D eigenvalue weighted by atomic mass is 16.4. The zero-order valence-electron chi connectivity index (χ0n) is 21.9. The molecule has 4 rings (SSSR count). The van der Waals surface area contributed by atoms with Gasteiger partial charge in [0.25, 0.3) is 0 Å². The minimum absolute atomic E-state index is 0.0655. The quantitative estimate of drug-likeness (QED) is 0.528. The largest absolute Gasteiger partial charge is 0.481 e. The molecule has 0 aromatic carbocycles. The van der Waals surface area contributed by atoms with E-state index in [0.717, 1.165) is 77.5 Å². The Kier molecular flexibility index (Phi) is 7.90. The monoisotopic (exact) mass is 464 g/mol. The van der Waals surface area contributed by atoms with E-state index in [9.17, 15) is 19.8 Å². The lowest BCUT2D eigenvalue weighted by Gasteiger charge is -2.46. The molecule has 1 unspecified atom stereocenters. The summed E-state index contributed by atoms with van der Waals surface area (Å²) in [6.45, 7) is 17.5. The third kappa shape index (κ3) is 4.84. The SMILES string of the molecule is CCC(C)(CC)N1CC[C@@]2(C(=O)O)C[C@H]2C1.CCC(C)(CC)N1C[C@H]2CC[C@@H](C1)C2C(=O)O. The molecule has 2 bridgehead atoms. The molecule has 6 nitrogen and oxygen atoms in total. The first-order valence-corrected chi connectivity index (χ1v) is 13.5. The van der Waals surface area contributed by atoms with E-state index < -0.39 is 11.9 Å². The van der Waals surface area contributed by atoms with Crippen molar-refractivity contribution in [3.63, 3.8) is 0 Å². The Morgan fingerprint density at radius 3 is 1.73 bits per heavy atom. The fourth-order valence-electron chi connectivity index (χ4n) is 6.94. The third-order valence-electron chi connectivity index (χ3n) is 10.6. The van der Waals surface area contributed by atoms with Crippen molar-refractivity contribution in [1.29, 1.82) is 0 Å². The van der Waals surface area contributed by atoms with Crippen molar-refractivity contribution in [2.75, 3.05) is 26.2 Å². The molecule has 4 fully saturated rings. The highest BCUT2D eigenvalue weighted by Gasteiger charge is 2.63. The van der Waals surface area contributed by atoms with Crippen LogP contribution >= 0.6 is 0 Å². The van der Waals surface area contributed by atoms with Gasteiger partial charge in [0.15, 0.2) is 0 Å². The lowest BCUT2D eigenvalue weighted by atomic mass is 9.81. The van der Waals surface area contributed by atoms with Crippen LogP contribution in [0.15, 0.2) is 0 Å². The molecule has 0 amide bonds. The van der Waals surface area contributed by atoms with Gasteiger partial charge in [0.1, 0.15) is 0 Å². The van der Waals surface area contributed by atoms with Gasteiger partial charge >= 0.3 is 11.9 Å². The molecule has 2 heterocycles. The number of aliphatic carboxylic acids is 2. The normalized spacial score (nSPS) is 34.2. The Morgan fingerprint density at radius 1 is 0.848 bits per heavy atom. The van der Waals surface area contributed by atoms with Gasteiger partial charge < -0.3 is 10.2 Å². The van der Waals surface area contributed by atoms with E-state index in [2.05, 4.69) is 51.3 Å². The second-order valence-electron chi connectivity index (χ2n) is 11.8. The van der Waals surface area contributed by atoms with Crippen molar-refractivity contribution in [1.82, 2.24) is 9.80 Å². The summed E-state index contributed by atoms with van der Waals surface area (Å²) in [5.74, 6) is 0.00596. The number of fused-ring (bicyclic) bond motifs is 3. The van der Waals surface area contributed by atoms with Crippen molar-refractivity contribution in [3.8, 4) is 0 Å². The second-order valence-corrected chi connectivity index (χ2v) is 11.8. The molecular weight excluding hydrogens is 416 g/mol. The molecule has 2 aliphatic carbocycles. The highest BCUT2D eigenvalue weighted by molar-refractivity contribution is 5.79. The summed E-state index contributed by atoms with van der Waals surface area (Å²) in [5, 5.41) is 18.5. The Labute approximate surface area is 201 Å². The lowest BCUT2D eigenvalue weighted by molar-refractivity contribution is -0.148. The molecule has 0 aromatic heterocycles. The smallest absolute Gasteiger partial charge is 0.310 e. The van der Waals surface area contributed by atoms with Crippen LogP contribution in [0.2, 0.25) is 0 Å². The zero-order valence-corrected chi connectivity index (χ0v) is 21.9. The number of rotatable bonds is 8. The number of hydrogen-bond acceptors (Lipinski definition) is 4. The van der Waals surface area contributed by atoms with E-state index in [4.69, 9.17) is 0 Å². The van der Waals surface area contributed by atoms with Crippen molar-refractivity contribution < 1.29 is 19.8 Å². The van der Waals surface area contributed by atoms with E-state index in [1.807, 2.05) is 0 Å². The molecule has 2 saturated heterocycles. The molecule has 4 aliphatic rings. The number of carbonyl (C=O) groups is 2. The van der Waals surface area contributed by atoms with Crippen LogP contribution in [-0.2, 0) is 9.59 Å².